The van der Waals surface area contributed by atoms with Crippen molar-refractivity contribution in [1.82, 2.24) is 0 Å². The minimum atomic E-state index is 0.321. The Morgan fingerprint density at radius 1 is 1.80 bits per heavy atom. The van der Waals surface area contributed by atoms with E-state index in [4.69, 9.17) is 4.74 Å². The molecule has 1 aliphatic rings. The second kappa shape index (κ2) is 4.13. The summed E-state index contributed by atoms with van der Waals surface area (Å²) in [4.78, 5) is 0. The Labute approximate surface area is 75.3 Å². The lowest BCUT2D eigenvalue weighted by molar-refractivity contribution is 0.0990. The molecule has 1 aliphatic heterocycles. The van der Waals surface area contributed by atoms with Gasteiger partial charge in [0.05, 0.1) is 12.7 Å². The zero-order chi connectivity index (χ0) is 7.40. The van der Waals surface area contributed by atoms with Crippen LogP contribution in [0.25, 0.3) is 0 Å². The first-order valence-electron chi connectivity index (χ1n) is 3.37. The third kappa shape index (κ3) is 2.42. The van der Waals surface area contributed by atoms with E-state index in [-0.39, 0.29) is 0 Å². The van der Waals surface area contributed by atoms with E-state index in [9.17, 15) is 0 Å². The lowest BCUT2D eigenvalue weighted by atomic mass is 10.1. The summed E-state index contributed by atoms with van der Waals surface area (Å²) in [5.74, 6) is 0. The minimum absolute atomic E-state index is 0.321. The second-order valence-electron chi connectivity index (χ2n) is 2.44. The molecule has 0 amide bonds. The summed E-state index contributed by atoms with van der Waals surface area (Å²) < 4.78 is 7.44. The van der Waals surface area contributed by atoms with Crippen LogP contribution in [0.1, 0.15) is 13.3 Å². The van der Waals surface area contributed by atoms with E-state index in [0.717, 1.165) is 13.0 Å². The standard InChI is InChI=1S/C8H11IO/c1-7-3-5-10-8(6-7)2-4-9/h2-4,8H,5-6H2,1H3/b4-2+/t8-/m1/s1. The summed E-state index contributed by atoms with van der Waals surface area (Å²) in [5, 5.41) is 0. The van der Waals surface area contributed by atoms with Gasteiger partial charge in [-0.3, -0.25) is 0 Å². The van der Waals surface area contributed by atoms with Crippen LogP contribution in [0, 0.1) is 0 Å². The van der Waals surface area contributed by atoms with Gasteiger partial charge in [0.25, 0.3) is 0 Å². The van der Waals surface area contributed by atoms with Crippen molar-refractivity contribution in [3.63, 3.8) is 0 Å². The van der Waals surface area contributed by atoms with Crippen molar-refractivity contribution in [2.24, 2.45) is 0 Å². The van der Waals surface area contributed by atoms with Crippen LogP contribution in [0.4, 0.5) is 0 Å². The van der Waals surface area contributed by atoms with Crippen LogP contribution in [0.15, 0.2) is 21.8 Å². The molecule has 0 radical (unpaired) electrons. The number of ether oxygens (including phenoxy) is 1. The molecule has 0 aromatic heterocycles. The maximum absolute atomic E-state index is 5.42. The maximum Gasteiger partial charge on any atom is 0.0804 e. The highest BCUT2D eigenvalue weighted by Crippen LogP contribution is 2.14. The molecule has 0 bridgehead atoms. The lowest BCUT2D eigenvalue weighted by Crippen LogP contribution is -2.14. The molecule has 0 saturated carbocycles. The van der Waals surface area contributed by atoms with E-state index in [0.29, 0.717) is 6.10 Å². The van der Waals surface area contributed by atoms with Crippen LogP contribution < -0.4 is 0 Å². The van der Waals surface area contributed by atoms with Crippen LogP contribution in [0.3, 0.4) is 0 Å². The SMILES string of the molecule is CC1=CCO[C@H](/C=C/I)C1. The quantitative estimate of drug-likeness (QED) is 0.513. The molecular weight excluding hydrogens is 239 g/mol. The summed E-state index contributed by atoms with van der Waals surface area (Å²) in [5.41, 5.74) is 1.44. The summed E-state index contributed by atoms with van der Waals surface area (Å²) in [6, 6.07) is 0. The van der Waals surface area contributed by atoms with E-state index < -0.39 is 0 Å². The maximum atomic E-state index is 5.42. The second-order valence-corrected chi connectivity index (χ2v) is 3.16. The molecule has 0 unspecified atom stereocenters. The summed E-state index contributed by atoms with van der Waals surface area (Å²) >= 11 is 2.22. The average molecular weight is 250 g/mol. The molecule has 0 N–H and O–H groups in total. The van der Waals surface area contributed by atoms with E-state index in [2.05, 4.69) is 41.7 Å². The van der Waals surface area contributed by atoms with Gasteiger partial charge in [-0.05, 0) is 23.5 Å². The van der Waals surface area contributed by atoms with Crippen LogP contribution in [0.5, 0.6) is 0 Å². The van der Waals surface area contributed by atoms with E-state index in [1.54, 1.807) is 0 Å². The smallest absolute Gasteiger partial charge is 0.0804 e. The monoisotopic (exact) mass is 250 g/mol. The average Bonchev–Trinajstić information content (AvgIpc) is 1.88. The van der Waals surface area contributed by atoms with E-state index in [1.165, 1.54) is 5.57 Å². The number of hydrogen-bond acceptors (Lipinski definition) is 1. The summed E-state index contributed by atoms with van der Waals surface area (Å²) in [6.07, 6.45) is 5.61. The first kappa shape index (κ1) is 8.27. The predicted molar refractivity (Wildman–Crippen MR) is 51.3 cm³/mol. The fraction of sp³-hybridized carbons (Fsp3) is 0.500. The Bertz CT molecular complexity index is 161. The van der Waals surface area contributed by atoms with Crippen LogP contribution in [0.2, 0.25) is 0 Å². The highest BCUT2D eigenvalue weighted by atomic mass is 127. The normalized spacial score (nSPS) is 27.0. The van der Waals surface area contributed by atoms with Gasteiger partial charge in [-0.1, -0.05) is 34.2 Å². The molecule has 0 aromatic carbocycles. The first-order chi connectivity index (χ1) is 4.83. The third-order valence-electron chi connectivity index (χ3n) is 1.55. The van der Waals surface area contributed by atoms with Crippen molar-refractivity contribution in [2.75, 3.05) is 6.61 Å². The van der Waals surface area contributed by atoms with Gasteiger partial charge in [0.2, 0.25) is 0 Å². The molecule has 0 saturated heterocycles. The Morgan fingerprint density at radius 2 is 2.60 bits per heavy atom. The molecular formula is C8H11IO. The van der Waals surface area contributed by atoms with Gasteiger partial charge < -0.3 is 4.74 Å². The zero-order valence-corrected chi connectivity index (χ0v) is 8.17. The minimum Gasteiger partial charge on any atom is -0.370 e. The topological polar surface area (TPSA) is 9.23 Å². The Hall–Kier alpha value is 0.170. The Kier molecular flexibility index (Phi) is 3.42. The largest absolute Gasteiger partial charge is 0.370 e. The van der Waals surface area contributed by atoms with Gasteiger partial charge in [-0.25, -0.2) is 0 Å². The van der Waals surface area contributed by atoms with Crippen molar-refractivity contribution >= 4 is 22.6 Å². The summed E-state index contributed by atoms with van der Waals surface area (Å²) in [6.45, 7) is 2.92. The van der Waals surface area contributed by atoms with Gasteiger partial charge in [0, 0.05) is 0 Å². The highest BCUT2D eigenvalue weighted by Gasteiger charge is 2.08. The summed E-state index contributed by atoms with van der Waals surface area (Å²) in [7, 11) is 0. The molecule has 56 valence electrons. The zero-order valence-electron chi connectivity index (χ0n) is 6.01. The fourth-order valence-electron chi connectivity index (χ4n) is 0.978. The molecule has 0 aliphatic carbocycles. The predicted octanol–water partition coefficient (Wildman–Crippen LogP) is 2.67. The first-order valence-corrected chi connectivity index (χ1v) is 4.61. The van der Waals surface area contributed by atoms with Crippen molar-refractivity contribution in [1.29, 1.82) is 0 Å². The molecule has 1 rings (SSSR count). The van der Waals surface area contributed by atoms with Gasteiger partial charge in [0.15, 0.2) is 0 Å². The van der Waals surface area contributed by atoms with Crippen molar-refractivity contribution in [3.8, 4) is 0 Å². The van der Waals surface area contributed by atoms with Gasteiger partial charge >= 0.3 is 0 Å². The molecule has 2 heteroatoms. The van der Waals surface area contributed by atoms with Gasteiger partial charge in [-0.2, -0.15) is 0 Å². The van der Waals surface area contributed by atoms with E-state index >= 15 is 0 Å². The molecule has 1 atom stereocenters. The lowest BCUT2D eigenvalue weighted by Gasteiger charge is -2.17. The molecule has 1 heterocycles. The fourth-order valence-corrected chi connectivity index (χ4v) is 1.44. The van der Waals surface area contributed by atoms with Crippen LogP contribution in [-0.2, 0) is 4.74 Å². The van der Waals surface area contributed by atoms with Gasteiger partial charge in [0.1, 0.15) is 0 Å². The number of halogens is 1. The Balaban J connectivity index is 2.45. The molecule has 0 spiro atoms. The van der Waals surface area contributed by atoms with Crippen molar-refractivity contribution < 1.29 is 4.74 Å². The highest BCUT2D eigenvalue weighted by molar-refractivity contribution is 14.1. The van der Waals surface area contributed by atoms with Crippen LogP contribution in [-0.4, -0.2) is 12.7 Å². The number of rotatable bonds is 1. The molecule has 1 nitrogen and oxygen atoms in total. The molecule has 0 aromatic rings. The van der Waals surface area contributed by atoms with E-state index in [1.807, 2.05) is 4.08 Å². The molecule has 0 fully saturated rings. The Morgan fingerprint density at radius 3 is 3.20 bits per heavy atom. The van der Waals surface area contributed by atoms with Crippen molar-refractivity contribution in [3.05, 3.63) is 21.8 Å². The third-order valence-corrected chi connectivity index (χ3v) is 1.97. The van der Waals surface area contributed by atoms with Gasteiger partial charge in [-0.15, -0.1) is 0 Å². The van der Waals surface area contributed by atoms with Crippen molar-refractivity contribution in [2.45, 2.75) is 19.4 Å². The van der Waals surface area contributed by atoms with Crippen LogP contribution >= 0.6 is 22.6 Å². The number of hydrogen-bond donors (Lipinski definition) is 0. The molecule has 10 heavy (non-hydrogen) atoms.